The Bertz CT molecular complexity index is 1900. The van der Waals surface area contributed by atoms with Crippen LogP contribution in [0, 0.1) is 23.7 Å². The number of phosphoric ester groups is 2. The van der Waals surface area contributed by atoms with Gasteiger partial charge < -0.3 is 33.8 Å². The second-order valence-electron chi connectivity index (χ2n) is 30.0. The molecule has 0 aromatic carbocycles. The zero-order valence-corrected chi connectivity index (χ0v) is 65.5. The number of ether oxygens (including phenoxy) is 4. The Morgan fingerprint density at radius 3 is 0.639 bits per heavy atom. The summed E-state index contributed by atoms with van der Waals surface area (Å²) >= 11 is 0. The zero-order valence-electron chi connectivity index (χ0n) is 63.7. The van der Waals surface area contributed by atoms with Crippen molar-refractivity contribution in [3.05, 3.63) is 0 Å². The quantitative estimate of drug-likeness (QED) is 0.0222. The maximum Gasteiger partial charge on any atom is 0.472 e. The topological polar surface area (TPSA) is 237 Å². The van der Waals surface area contributed by atoms with Crippen LogP contribution in [-0.2, 0) is 65.4 Å². The third kappa shape index (κ3) is 72.2. The molecule has 2 unspecified atom stereocenters. The van der Waals surface area contributed by atoms with E-state index in [-0.39, 0.29) is 25.7 Å². The summed E-state index contributed by atoms with van der Waals surface area (Å²) in [4.78, 5) is 72.8. The smallest absolute Gasteiger partial charge is 0.462 e. The summed E-state index contributed by atoms with van der Waals surface area (Å²) in [5.74, 6) is 0.903. The van der Waals surface area contributed by atoms with Crippen LogP contribution in [0.15, 0.2) is 0 Å². The molecule has 5 atom stereocenters. The minimum atomic E-state index is -4.96. The van der Waals surface area contributed by atoms with Crippen LogP contribution in [0.4, 0.5) is 0 Å². The van der Waals surface area contributed by atoms with E-state index in [9.17, 15) is 43.2 Å². The average molecular weight is 1420 g/mol. The van der Waals surface area contributed by atoms with E-state index < -0.39 is 97.5 Å². The van der Waals surface area contributed by atoms with Crippen LogP contribution in [0.25, 0.3) is 0 Å². The Kier molecular flexibility index (Phi) is 65.9. The summed E-state index contributed by atoms with van der Waals surface area (Å²) in [6, 6.07) is 0. The van der Waals surface area contributed by atoms with E-state index in [1.54, 1.807) is 0 Å². The fraction of sp³-hybridized carbons (Fsp3) is 0.949. The highest BCUT2D eigenvalue weighted by molar-refractivity contribution is 7.47. The van der Waals surface area contributed by atoms with Crippen molar-refractivity contribution < 1.29 is 80.2 Å². The third-order valence-corrected chi connectivity index (χ3v) is 20.0. The van der Waals surface area contributed by atoms with E-state index in [2.05, 4.69) is 55.4 Å². The van der Waals surface area contributed by atoms with E-state index in [0.29, 0.717) is 31.6 Å². The van der Waals surface area contributed by atoms with E-state index >= 15 is 0 Å². The number of phosphoric acid groups is 2. The number of esters is 4. The van der Waals surface area contributed by atoms with Gasteiger partial charge in [0, 0.05) is 25.7 Å². The second kappa shape index (κ2) is 67.2. The minimum Gasteiger partial charge on any atom is -0.462 e. The predicted octanol–water partition coefficient (Wildman–Crippen LogP) is 22.8. The van der Waals surface area contributed by atoms with Crippen LogP contribution in [0.2, 0.25) is 0 Å². The first kappa shape index (κ1) is 95.1. The molecule has 0 saturated carbocycles. The molecule has 0 bridgehead atoms. The van der Waals surface area contributed by atoms with Gasteiger partial charge in [-0.1, -0.05) is 344 Å². The Balaban J connectivity index is 5.20. The number of carbonyl (C=O) groups excluding carboxylic acids is 4. The number of aliphatic hydroxyl groups is 1. The van der Waals surface area contributed by atoms with E-state index in [1.807, 2.05) is 0 Å². The Hall–Kier alpha value is -1.94. The number of rotatable bonds is 75. The molecule has 0 radical (unpaired) electrons. The first-order chi connectivity index (χ1) is 46.6. The van der Waals surface area contributed by atoms with E-state index in [1.165, 1.54) is 193 Å². The van der Waals surface area contributed by atoms with Gasteiger partial charge in [-0.25, -0.2) is 9.13 Å². The van der Waals surface area contributed by atoms with E-state index in [4.69, 9.17) is 37.0 Å². The van der Waals surface area contributed by atoms with Gasteiger partial charge in [-0.2, -0.15) is 0 Å². The normalized spacial score (nSPS) is 14.1. The summed E-state index contributed by atoms with van der Waals surface area (Å²) in [6.07, 6.45) is 53.0. The molecule has 0 aromatic heterocycles. The van der Waals surface area contributed by atoms with Crippen LogP contribution in [0.5, 0.6) is 0 Å². The molecule has 576 valence electrons. The molecule has 0 spiro atoms. The van der Waals surface area contributed by atoms with Crippen molar-refractivity contribution in [2.75, 3.05) is 39.6 Å². The van der Waals surface area contributed by atoms with Crippen molar-refractivity contribution in [2.24, 2.45) is 23.7 Å². The second-order valence-corrected chi connectivity index (χ2v) is 32.9. The van der Waals surface area contributed by atoms with Gasteiger partial charge in [0.05, 0.1) is 26.4 Å². The number of hydrogen-bond acceptors (Lipinski definition) is 15. The van der Waals surface area contributed by atoms with Gasteiger partial charge in [0.2, 0.25) is 0 Å². The van der Waals surface area contributed by atoms with Crippen LogP contribution < -0.4 is 0 Å². The van der Waals surface area contributed by atoms with Gasteiger partial charge in [0.25, 0.3) is 0 Å². The lowest BCUT2D eigenvalue weighted by atomic mass is 10.0. The molecule has 17 nitrogen and oxygen atoms in total. The maximum absolute atomic E-state index is 13.1. The van der Waals surface area contributed by atoms with Crippen molar-refractivity contribution in [3.8, 4) is 0 Å². The molecule has 19 heteroatoms. The molecule has 97 heavy (non-hydrogen) atoms. The lowest BCUT2D eigenvalue weighted by molar-refractivity contribution is -0.161. The molecular weight excluding hydrogens is 1270 g/mol. The number of unbranched alkanes of at least 4 members (excludes halogenated alkanes) is 41. The number of hydrogen-bond donors (Lipinski definition) is 3. The summed E-state index contributed by atoms with van der Waals surface area (Å²) in [6.45, 7) is 14.2. The first-order valence-electron chi connectivity index (χ1n) is 40.2. The van der Waals surface area contributed by atoms with Crippen LogP contribution >= 0.6 is 15.6 Å². The highest BCUT2D eigenvalue weighted by Gasteiger charge is 2.30. The van der Waals surface area contributed by atoms with Crippen molar-refractivity contribution in [3.63, 3.8) is 0 Å². The monoisotopic (exact) mass is 1420 g/mol. The molecule has 0 amide bonds. The maximum atomic E-state index is 13.1. The number of aliphatic hydroxyl groups excluding tert-OH is 1. The molecule has 0 rings (SSSR count). The predicted molar refractivity (Wildman–Crippen MR) is 395 cm³/mol. The summed E-state index contributed by atoms with van der Waals surface area (Å²) < 4.78 is 68.5. The Morgan fingerprint density at radius 2 is 0.433 bits per heavy atom. The lowest BCUT2D eigenvalue weighted by Crippen LogP contribution is -2.30. The van der Waals surface area contributed by atoms with Gasteiger partial charge in [-0.15, -0.1) is 0 Å². The largest absolute Gasteiger partial charge is 0.472 e. The SMILES string of the molecule is CC(C)CCCCCCCCCCCCCCCCCCCCC(=O)O[C@H](COC(=O)CCCCCCCCCCCCC(C)C)COP(=O)(O)OC[C@@H](O)COP(=O)(O)OC[C@@H](COC(=O)CCCCCCCCC(C)C)OC(=O)CCCCCCCCCCCCCC(C)C. The molecule has 0 saturated heterocycles. The summed E-state index contributed by atoms with van der Waals surface area (Å²) in [5.41, 5.74) is 0. The summed E-state index contributed by atoms with van der Waals surface area (Å²) in [5, 5.41) is 10.6. The van der Waals surface area contributed by atoms with Crippen molar-refractivity contribution in [2.45, 2.75) is 414 Å². The van der Waals surface area contributed by atoms with Gasteiger partial charge in [-0.05, 0) is 49.4 Å². The van der Waals surface area contributed by atoms with Crippen molar-refractivity contribution in [1.29, 1.82) is 0 Å². The third-order valence-electron chi connectivity index (χ3n) is 18.1. The Labute approximate surface area is 594 Å². The molecular formula is C78H152O17P2. The average Bonchev–Trinajstić information content (AvgIpc) is 1.03. The fourth-order valence-corrected chi connectivity index (χ4v) is 13.5. The molecule has 0 heterocycles. The molecule has 3 N–H and O–H groups in total. The molecule has 0 fully saturated rings. The molecule has 0 aromatic rings. The first-order valence-corrected chi connectivity index (χ1v) is 43.2. The number of carbonyl (C=O) groups is 4. The van der Waals surface area contributed by atoms with Gasteiger partial charge in [-0.3, -0.25) is 37.3 Å². The Morgan fingerprint density at radius 1 is 0.258 bits per heavy atom. The lowest BCUT2D eigenvalue weighted by Gasteiger charge is -2.21. The molecule has 0 aliphatic heterocycles. The van der Waals surface area contributed by atoms with E-state index in [0.717, 1.165) is 114 Å². The fourth-order valence-electron chi connectivity index (χ4n) is 11.9. The van der Waals surface area contributed by atoms with Gasteiger partial charge in [0.1, 0.15) is 19.3 Å². The van der Waals surface area contributed by atoms with Gasteiger partial charge in [0.15, 0.2) is 12.2 Å². The van der Waals surface area contributed by atoms with Gasteiger partial charge >= 0.3 is 39.5 Å². The standard InChI is InChI=1S/C78H152O17P2/c1-68(2)54-46-38-30-24-18-15-13-11-9-10-12-14-16-20-28-34-44-52-60-77(82)94-73(64-88-75(80)58-50-42-33-27-23-22-26-32-40-48-56-70(5)6)66-92-96(84,85)90-62-72(79)63-91-97(86,87)93-67-74(65-89-76(81)59-51-43-37-36-41-49-57-71(7)8)95-78(83)61-53-45-35-29-21-17-19-25-31-39-47-55-69(3)4/h68-74,79H,9-67H2,1-8H3,(H,84,85)(H,86,87)/t72-,73-,74-/m1/s1. The van der Waals surface area contributed by atoms with Crippen molar-refractivity contribution in [1.82, 2.24) is 0 Å². The molecule has 0 aliphatic rings. The zero-order chi connectivity index (χ0) is 71.7. The summed E-state index contributed by atoms with van der Waals surface area (Å²) in [7, 11) is -9.91. The molecule has 0 aliphatic carbocycles. The minimum absolute atomic E-state index is 0.105. The van der Waals surface area contributed by atoms with Crippen LogP contribution in [0.3, 0.4) is 0 Å². The highest BCUT2D eigenvalue weighted by atomic mass is 31.2. The highest BCUT2D eigenvalue weighted by Crippen LogP contribution is 2.45. The van der Waals surface area contributed by atoms with Crippen LogP contribution in [0.1, 0.15) is 396 Å². The van der Waals surface area contributed by atoms with Crippen molar-refractivity contribution >= 4 is 39.5 Å². The van der Waals surface area contributed by atoms with Crippen LogP contribution in [-0.4, -0.2) is 96.7 Å².